The molecular weight excluding hydrogens is 228 g/mol. The minimum Gasteiger partial charge on any atom is -0.399 e. The number of aromatic nitrogens is 1. The molecule has 4 heteroatoms. The van der Waals surface area contributed by atoms with Crippen molar-refractivity contribution in [2.75, 3.05) is 32.7 Å². The number of hydrogen-bond donors (Lipinski definition) is 1. The molecule has 1 heterocycles. The van der Waals surface area contributed by atoms with Crippen molar-refractivity contribution in [1.82, 2.24) is 4.57 Å². The first-order valence-corrected chi connectivity index (χ1v) is 6.22. The van der Waals surface area contributed by atoms with Gasteiger partial charge in [-0.15, -0.1) is 0 Å². The van der Waals surface area contributed by atoms with Gasteiger partial charge in [0, 0.05) is 38.8 Å². The number of fused-ring (bicyclic) bond motifs is 1. The van der Waals surface area contributed by atoms with E-state index in [1.165, 1.54) is 5.39 Å². The van der Waals surface area contributed by atoms with Crippen molar-refractivity contribution in [2.24, 2.45) is 0 Å². The third kappa shape index (κ3) is 3.24. The van der Waals surface area contributed by atoms with Crippen LogP contribution in [-0.2, 0) is 16.0 Å². The number of nitrogens with zero attached hydrogens (tertiary/aromatic N) is 1. The van der Waals surface area contributed by atoms with Crippen LogP contribution in [0.5, 0.6) is 0 Å². The number of nitrogen functional groups attached to an aromatic ring is 1. The summed E-state index contributed by atoms with van der Waals surface area (Å²) in [6.07, 6.45) is 3.01. The number of ether oxygens (including phenoxy) is 2. The zero-order valence-electron chi connectivity index (χ0n) is 10.8. The molecule has 0 bridgehead atoms. The number of hydrogen-bond acceptors (Lipinski definition) is 3. The minimum absolute atomic E-state index is 0.711. The molecule has 0 saturated heterocycles. The first-order valence-electron chi connectivity index (χ1n) is 6.22. The van der Waals surface area contributed by atoms with Crippen LogP contribution >= 0.6 is 0 Å². The van der Waals surface area contributed by atoms with Crippen molar-refractivity contribution in [3.63, 3.8) is 0 Å². The summed E-state index contributed by atoms with van der Waals surface area (Å²) in [5.74, 6) is 0. The normalized spacial score (nSPS) is 11.2. The van der Waals surface area contributed by atoms with Gasteiger partial charge in [-0.2, -0.15) is 0 Å². The van der Waals surface area contributed by atoms with E-state index in [4.69, 9.17) is 15.2 Å². The van der Waals surface area contributed by atoms with Crippen molar-refractivity contribution >= 4 is 16.6 Å². The lowest BCUT2D eigenvalue weighted by Gasteiger charge is -2.07. The highest BCUT2D eigenvalue weighted by molar-refractivity contribution is 5.83. The van der Waals surface area contributed by atoms with Crippen molar-refractivity contribution in [3.8, 4) is 0 Å². The Bertz CT molecular complexity index is 493. The van der Waals surface area contributed by atoms with Crippen LogP contribution in [0.3, 0.4) is 0 Å². The average Bonchev–Trinajstić information content (AvgIpc) is 2.76. The van der Waals surface area contributed by atoms with Gasteiger partial charge < -0.3 is 19.8 Å². The lowest BCUT2D eigenvalue weighted by Crippen LogP contribution is -2.07. The van der Waals surface area contributed by atoms with E-state index in [9.17, 15) is 0 Å². The fourth-order valence-electron chi connectivity index (χ4n) is 1.97. The minimum atomic E-state index is 0.711. The Morgan fingerprint density at radius 2 is 2.06 bits per heavy atom. The molecule has 0 unspecified atom stereocenters. The smallest absolute Gasteiger partial charge is 0.0645 e. The predicted molar refractivity (Wildman–Crippen MR) is 73.7 cm³/mol. The summed E-state index contributed by atoms with van der Waals surface area (Å²) in [5, 5.41) is 1.21. The van der Waals surface area contributed by atoms with Crippen LogP contribution in [0.4, 0.5) is 5.69 Å². The van der Waals surface area contributed by atoms with Gasteiger partial charge in [0.1, 0.15) is 0 Å². The molecule has 2 rings (SSSR count). The third-order valence-corrected chi connectivity index (χ3v) is 2.91. The maximum absolute atomic E-state index is 5.80. The van der Waals surface area contributed by atoms with Crippen molar-refractivity contribution < 1.29 is 9.47 Å². The number of nitrogens with two attached hydrogens (primary N) is 1. The Balaban J connectivity index is 1.86. The molecule has 0 amide bonds. The molecule has 0 saturated carbocycles. The highest BCUT2D eigenvalue weighted by Crippen LogP contribution is 2.18. The number of benzene rings is 1. The molecule has 2 N–H and O–H groups in total. The highest BCUT2D eigenvalue weighted by Gasteiger charge is 2.01. The SMILES string of the molecule is COCCCOCCn1ccc2ccc(N)cc21. The Kier molecular flexibility index (Phi) is 4.61. The van der Waals surface area contributed by atoms with E-state index in [2.05, 4.69) is 16.8 Å². The monoisotopic (exact) mass is 248 g/mol. The Labute approximate surface area is 107 Å². The summed E-state index contributed by atoms with van der Waals surface area (Å²) in [7, 11) is 1.70. The largest absolute Gasteiger partial charge is 0.399 e. The van der Waals surface area contributed by atoms with Crippen LogP contribution in [-0.4, -0.2) is 31.5 Å². The van der Waals surface area contributed by atoms with Crippen molar-refractivity contribution in [2.45, 2.75) is 13.0 Å². The molecular formula is C14H20N2O2. The van der Waals surface area contributed by atoms with Gasteiger partial charge in [0.25, 0.3) is 0 Å². The van der Waals surface area contributed by atoms with Crippen LogP contribution in [0.15, 0.2) is 30.5 Å². The number of methoxy groups -OCH3 is 1. The summed E-state index contributed by atoms with van der Waals surface area (Å²) in [4.78, 5) is 0. The quantitative estimate of drug-likeness (QED) is 0.604. The Hall–Kier alpha value is -1.52. The van der Waals surface area contributed by atoms with Crippen LogP contribution < -0.4 is 5.73 Å². The standard InChI is InChI=1S/C14H20N2O2/c1-17-8-2-9-18-10-7-16-6-5-12-3-4-13(15)11-14(12)16/h3-6,11H,2,7-10,15H2,1H3. The second kappa shape index (κ2) is 6.42. The first kappa shape index (κ1) is 12.9. The van der Waals surface area contributed by atoms with Gasteiger partial charge in [0.2, 0.25) is 0 Å². The molecule has 0 atom stereocenters. The summed E-state index contributed by atoms with van der Waals surface area (Å²) < 4.78 is 12.7. The second-order valence-corrected chi connectivity index (χ2v) is 4.29. The van der Waals surface area contributed by atoms with Crippen LogP contribution in [0.2, 0.25) is 0 Å². The predicted octanol–water partition coefficient (Wildman–Crippen LogP) is 2.28. The number of rotatable bonds is 7. The molecule has 0 spiro atoms. The van der Waals surface area contributed by atoms with Crippen molar-refractivity contribution in [1.29, 1.82) is 0 Å². The number of anilines is 1. The summed E-state index contributed by atoms with van der Waals surface area (Å²) in [6, 6.07) is 8.06. The summed E-state index contributed by atoms with van der Waals surface area (Å²) in [5.41, 5.74) is 7.76. The molecule has 2 aromatic rings. The lowest BCUT2D eigenvalue weighted by molar-refractivity contribution is 0.0982. The van der Waals surface area contributed by atoms with Gasteiger partial charge in [0.05, 0.1) is 12.1 Å². The zero-order chi connectivity index (χ0) is 12.8. The molecule has 0 fully saturated rings. The van der Waals surface area contributed by atoms with Gasteiger partial charge >= 0.3 is 0 Å². The first-order chi connectivity index (χ1) is 8.81. The molecule has 4 nitrogen and oxygen atoms in total. The summed E-state index contributed by atoms with van der Waals surface area (Å²) >= 11 is 0. The van der Waals surface area contributed by atoms with Crippen LogP contribution in [0, 0.1) is 0 Å². The highest BCUT2D eigenvalue weighted by atomic mass is 16.5. The molecule has 1 aromatic carbocycles. The van der Waals surface area contributed by atoms with Gasteiger partial charge in [-0.25, -0.2) is 0 Å². The van der Waals surface area contributed by atoms with Crippen LogP contribution in [0.1, 0.15) is 6.42 Å². The third-order valence-electron chi connectivity index (χ3n) is 2.91. The van der Waals surface area contributed by atoms with E-state index in [-0.39, 0.29) is 0 Å². The summed E-state index contributed by atoms with van der Waals surface area (Å²) in [6.45, 7) is 3.06. The average molecular weight is 248 g/mol. The van der Waals surface area contributed by atoms with Gasteiger partial charge in [-0.3, -0.25) is 0 Å². The van der Waals surface area contributed by atoms with Crippen LogP contribution in [0.25, 0.3) is 10.9 Å². The van der Waals surface area contributed by atoms with E-state index in [1.54, 1.807) is 7.11 Å². The molecule has 0 aliphatic heterocycles. The van der Waals surface area contributed by atoms with E-state index in [0.29, 0.717) is 6.61 Å². The fourth-order valence-corrected chi connectivity index (χ4v) is 1.97. The van der Waals surface area contributed by atoms with E-state index >= 15 is 0 Å². The molecule has 1 aromatic heterocycles. The van der Waals surface area contributed by atoms with Crippen molar-refractivity contribution in [3.05, 3.63) is 30.5 Å². The van der Waals surface area contributed by atoms with Gasteiger partial charge in [-0.05, 0) is 30.0 Å². The molecule has 98 valence electrons. The van der Waals surface area contributed by atoms with E-state index < -0.39 is 0 Å². The molecule has 0 aliphatic carbocycles. The van der Waals surface area contributed by atoms with E-state index in [0.717, 1.165) is 37.4 Å². The molecule has 0 aliphatic rings. The fraction of sp³-hybridized carbons (Fsp3) is 0.429. The second-order valence-electron chi connectivity index (χ2n) is 4.29. The zero-order valence-corrected chi connectivity index (χ0v) is 10.8. The van der Waals surface area contributed by atoms with Gasteiger partial charge in [-0.1, -0.05) is 6.07 Å². The maximum atomic E-state index is 5.80. The topological polar surface area (TPSA) is 49.4 Å². The Morgan fingerprint density at radius 3 is 2.89 bits per heavy atom. The lowest BCUT2D eigenvalue weighted by atomic mass is 10.2. The van der Waals surface area contributed by atoms with E-state index in [1.807, 2.05) is 18.2 Å². The molecule has 0 radical (unpaired) electrons. The Morgan fingerprint density at radius 1 is 1.17 bits per heavy atom. The molecule has 18 heavy (non-hydrogen) atoms. The maximum Gasteiger partial charge on any atom is 0.0645 e. The van der Waals surface area contributed by atoms with Gasteiger partial charge in [0.15, 0.2) is 0 Å².